The number of amides is 1. The van der Waals surface area contributed by atoms with Gasteiger partial charge in [0, 0.05) is 25.2 Å². The van der Waals surface area contributed by atoms with Gasteiger partial charge in [-0.25, -0.2) is 0 Å². The Bertz CT molecular complexity index is 1100. The molecule has 3 aromatic rings. The fraction of sp³-hybridized carbons (Fsp3) is 0.472. The molecule has 0 fully saturated rings. The first-order valence-corrected chi connectivity index (χ1v) is 15.3. The molecule has 0 aliphatic rings. The van der Waals surface area contributed by atoms with Crippen LogP contribution in [-0.4, -0.2) is 41.9 Å². The van der Waals surface area contributed by atoms with Crippen molar-refractivity contribution in [2.75, 3.05) is 26.2 Å². The van der Waals surface area contributed by atoms with Crippen molar-refractivity contribution in [1.29, 1.82) is 0 Å². The van der Waals surface area contributed by atoms with Crippen LogP contribution in [0.25, 0.3) is 11.1 Å². The normalized spacial score (nSPS) is 11.2. The lowest BCUT2D eigenvalue weighted by Crippen LogP contribution is -2.39. The van der Waals surface area contributed by atoms with Crippen LogP contribution < -0.4 is 0 Å². The lowest BCUT2D eigenvalue weighted by Gasteiger charge is -2.28. The van der Waals surface area contributed by atoms with Gasteiger partial charge in [-0.2, -0.15) is 0 Å². The summed E-state index contributed by atoms with van der Waals surface area (Å²) in [5, 5.41) is 0. The highest BCUT2D eigenvalue weighted by atomic mass is 16.2. The topological polar surface area (TPSA) is 23.6 Å². The summed E-state index contributed by atoms with van der Waals surface area (Å²) < 4.78 is 0. The van der Waals surface area contributed by atoms with Crippen LogP contribution in [0.4, 0.5) is 0 Å². The summed E-state index contributed by atoms with van der Waals surface area (Å²) in [5.41, 5.74) is 6.99. The Morgan fingerprint density at radius 1 is 0.641 bits per heavy atom. The standard InChI is InChI=1S/C36H50N2O/c1-5-8-11-14-31-16-22-34(23-17-31)36(39)38(27-26-37(24-9-6-2)25-10-7-3)29-32-18-20-33(21-19-32)35-15-12-13-30(4)28-35/h12-13,15-23,28H,5-11,14,24-27,29H2,1-4H3. The molecule has 0 radical (unpaired) electrons. The van der Waals surface area contributed by atoms with E-state index in [1.54, 1.807) is 0 Å². The van der Waals surface area contributed by atoms with Crippen molar-refractivity contribution in [2.24, 2.45) is 0 Å². The van der Waals surface area contributed by atoms with Crippen LogP contribution in [0.3, 0.4) is 0 Å². The van der Waals surface area contributed by atoms with Gasteiger partial charge in [-0.15, -0.1) is 0 Å². The van der Waals surface area contributed by atoms with Gasteiger partial charge in [0.25, 0.3) is 5.91 Å². The first kappa shape index (κ1) is 30.6. The molecule has 0 saturated carbocycles. The summed E-state index contributed by atoms with van der Waals surface area (Å²) in [6, 6.07) is 25.7. The van der Waals surface area contributed by atoms with Crippen LogP contribution in [0, 0.1) is 6.92 Å². The molecule has 3 nitrogen and oxygen atoms in total. The Kier molecular flexibility index (Phi) is 13.3. The van der Waals surface area contributed by atoms with E-state index in [1.807, 2.05) is 12.1 Å². The monoisotopic (exact) mass is 526 g/mol. The molecule has 0 bridgehead atoms. The number of carbonyl (C=O) groups excluding carboxylic acids is 1. The van der Waals surface area contributed by atoms with E-state index in [1.165, 1.54) is 72.8 Å². The molecule has 3 aromatic carbocycles. The minimum absolute atomic E-state index is 0.129. The van der Waals surface area contributed by atoms with E-state index in [9.17, 15) is 4.79 Å². The highest BCUT2D eigenvalue weighted by molar-refractivity contribution is 5.94. The maximum absolute atomic E-state index is 13.8. The second-order valence-electron chi connectivity index (χ2n) is 11.0. The average molecular weight is 527 g/mol. The van der Waals surface area contributed by atoms with Gasteiger partial charge >= 0.3 is 0 Å². The summed E-state index contributed by atoms with van der Waals surface area (Å²) in [4.78, 5) is 18.4. The fourth-order valence-electron chi connectivity index (χ4n) is 5.04. The number of hydrogen-bond donors (Lipinski definition) is 0. The van der Waals surface area contributed by atoms with E-state index in [0.717, 1.165) is 38.2 Å². The molecular weight excluding hydrogens is 476 g/mol. The van der Waals surface area contributed by atoms with Gasteiger partial charge in [0.1, 0.15) is 0 Å². The lowest BCUT2D eigenvalue weighted by atomic mass is 10.0. The third-order valence-electron chi connectivity index (χ3n) is 7.58. The van der Waals surface area contributed by atoms with Crippen LogP contribution in [0.5, 0.6) is 0 Å². The van der Waals surface area contributed by atoms with E-state index >= 15 is 0 Å². The van der Waals surface area contributed by atoms with Crippen molar-refractivity contribution in [3.8, 4) is 11.1 Å². The molecule has 0 unspecified atom stereocenters. The van der Waals surface area contributed by atoms with Gasteiger partial charge in [-0.1, -0.05) is 113 Å². The third kappa shape index (κ3) is 10.3. The summed E-state index contributed by atoms with van der Waals surface area (Å²) >= 11 is 0. The highest BCUT2D eigenvalue weighted by Gasteiger charge is 2.18. The first-order chi connectivity index (χ1) is 19.0. The second kappa shape index (κ2) is 16.9. The zero-order chi connectivity index (χ0) is 27.9. The Labute approximate surface area is 238 Å². The number of rotatable bonds is 17. The summed E-state index contributed by atoms with van der Waals surface area (Å²) in [6.45, 7) is 13.4. The van der Waals surface area contributed by atoms with E-state index in [-0.39, 0.29) is 5.91 Å². The van der Waals surface area contributed by atoms with E-state index in [2.05, 4.69) is 98.2 Å². The SMILES string of the molecule is CCCCCc1ccc(C(=O)N(CCN(CCCC)CCCC)Cc2ccc(-c3cccc(C)c3)cc2)cc1. The van der Waals surface area contributed by atoms with Crippen LogP contribution in [0.2, 0.25) is 0 Å². The van der Waals surface area contributed by atoms with Crippen molar-refractivity contribution in [2.45, 2.75) is 85.6 Å². The van der Waals surface area contributed by atoms with Gasteiger partial charge in [0.2, 0.25) is 0 Å². The molecule has 39 heavy (non-hydrogen) atoms. The molecule has 3 heteroatoms. The lowest BCUT2D eigenvalue weighted by molar-refractivity contribution is 0.0720. The maximum atomic E-state index is 13.8. The summed E-state index contributed by atoms with van der Waals surface area (Å²) in [6.07, 6.45) is 9.58. The summed E-state index contributed by atoms with van der Waals surface area (Å²) in [5.74, 6) is 0.129. The molecule has 0 saturated heterocycles. The fourth-order valence-corrected chi connectivity index (χ4v) is 5.04. The third-order valence-corrected chi connectivity index (χ3v) is 7.58. The zero-order valence-corrected chi connectivity index (χ0v) is 24.9. The van der Waals surface area contributed by atoms with E-state index in [4.69, 9.17) is 0 Å². The molecule has 0 aromatic heterocycles. The number of hydrogen-bond acceptors (Lipinski definition) is 2. The van der Waals surface area contributed by atoms with Gasteiger partial charge in [0.15, 0.2) is 0 Å². The van der Waals surface area contributed by atoms with Crippen molar-refractivity contribution in [1.82, 2.24) is 9.80 Å². The van der Waals surface area contributed by atoms with Gasteiger partial charge in [-0.3, -0.25) is 4.79 Å². The molecule has 0 N–H and O–H groups in total. The number of carbonyl (C=O) groups is 1. The Morgan fingerprint density at radius 2 is 1.28 bits per heavy atom. The van der Waals surface area contributed by atoms with Gasteiger partial charge in [0.05, 0.1) is 0 Å². The maximum Gasteiger partial charge on any atom is 0.254 e. The molecule has 0 atom stereocenters. The number of nitrogens with zero attached hydrogens (tertiary/aromatic N) is 2. The quantitative estimate of drug-likeness (QED) is 0.164. The Hall–Kier alpha value is -2.91. The molecule has 3 rings (SSSR count). The summed E-state index contributed by atoms with van der Waals surface area (Å²) in [7, 11) is 0. The smallest absolute Gasteiger partial charge is 0.254 e. The number of aryl methyl sites for hydroxylation is 2. The largest absolute Gasteiger partial charge is 0.333 e. The molecule has 210 valence electrons. The molecular formula is C36H50N2O. The zero-order valence-electron chi connectivity index (χ0n) is 24.9. The van der Waals surface area contributed by atoms with Crippen LogP contribution in [-0.2, 0) is 13.0 Å². The van der Waals surface area contributed by atoms with E-state index < -0.39 is 0 Å². The number of unbranched alkanes of at least 4 members (excludes halogenated alkanes) is 4. The molecule has 0 aliphatic heterocycles. The van der Waals surface area contributed by atoms with E-state index in [0.29, 0.717) is 6.54 Å². The predicted molar refractivity (Wildman–Crippen MR) is 167 cm³/mol. The first-order valence-electron chi connectivity index (χ1n) is 15.3. The number of benzene rings is 3. The predicted octanol–water partition coefficient (Wildman–Crippen LogP) is 8.94. The highest BCUT2D eigenvalue weighted by Crippen LogP contribution is 2.22. The van der Waals surface area contributed by atoms with Crippen molar-refractivity contribution >= 4 is 5.91 Å². The minimum Gasteiger partial charge on any atom is -0.333 e. The van der Waals surface area contributed by atoms with Crippen molar-refractivity contribution in [3.05, 3.63) is 95.1 Å². The average Bonchev–Trinajstić information content (AvgIpc) is 2.96. The Balaban J connectivity index is 1.75. The second-order valence-corrected chi connectivity index (χ2v) is 11.0. The van der Waals surface area contributed by atoms with Crippen LogP contribution >= 0.6 is 0 Å². The van der Waals surface area contributed by atoms with Crippen LogP contribution in [0.15, 0.2) is 72.8 Å². The van der Waals surface area contributed by atoms with Crippen molar-refractivity contribution < 1.29 is 4.79 Å². The Morgan fingerprint density at radius 3 is 1.90 bits per heavy atom. The minimum atomic E-state index is 0.129. The van der Waals surface area contributed by atoms with Crippen LogP contribution in [0.1, 0.15) is 92.8 Å². The van der Waals surface area contributed by atoms with Gasteiger partial charge in [-0.05, 0) is 80.1 Å². The molecule has 1 amide bonds. The molecule has 0 aliphatic carbocycles. The molecule has 0 heterocycles. The van der Waals surface area contributed by atoms with Crippen molar-refractivity contribution in [3.63, 3.8) is 0 Å². The van der Waals surface area contributed by atoms with Gasteiger partial charge < -0.3 is 9.80 Å². The molecule has 0 spiro atoms.